The van der Waals surface area contributed by atoms with E-state index in [9.17, 15) is 0 Å². The maximum absolute atomic E-state index is 5.85. The van der Waals surface area contributed by atoms with Crippen molar-refractivity contribution in [2.45, 2.75) is 31.8 Å². The molecule has 3 aliphatic rings. The Morgan fingerprint density at radius 3 is 3.14 bits per heavy atom. The van der Waals surface area contributed by atoms with Crippen LogP contribution in [-0.2, 0) is 13.0 Å². The molecule has 2 saturated heterocycles. The fourth-order valence-electron chi connectivity index (χ4n) is 3.97. The first-order valence-corrected chi connectivity index (χ1v) is 8.49. The number of benzene rings is 1. The molecular weight excluding hydrogens is 352 g/mol. The van der Waals surface area contributed by atoms with Crippen LogP contribution >= 0.6 is 28.3 Å². The predicted octanol–water partition coefficient (Wildman–Crippen LogP) is 2.99. The molecule has 2 atom stereocenters. The summed E-state index contributed by atoms with van der Waals surface area (Å²) >= 11 is 3.64. The standard InChI is InChI=1S/C16H21BrN2O.ClH/c17-14-7-11-3-6-20-16(11)13(8-14)10-19-5-2-15-12(9-19)1-4-18-15;/h7-8,12,15,18H,1-6,9-10H2;1H. The van der Waals surface area contributed by atoms with Crippen molar-refractivity contribution in [1.82, 2.24) is 10.2 Å². The molecule has 116 valence electrons. The number of rotatable bonds is 2. The van der Waals surface area contributed by atoms with Crippen LogP contribution in [0, 0.1) is 5.92 Å². The minimum absolute atomic E-state index is 0. The van der Waals surface area contributed by atoms with Gasteiger partial charge in [0.25, 0.3) is 0 Å². The van der Waals surface area contributed by atoms with E-state index >= 15 is 0 Å². The molecule has 0 amide bonds. The maximum Gasteiger partial charge on any atom is 0.127 e. The quantitative estimate of drug-likeness (QED) is 0.862. The molecule has 3 heterocycles. The van der Waals surface area contributed by atoms with Gasteiger partial charge in [0.15, 0.2) is 0 Å². The molecule has 0 bridgehead atoms. The summed E-state index contributed by atoms with van der Waals surface area (Å²) in [7, 11) is 0. The highest BCUT2D eigenvalue weighted by atomic mass is 79.9. The summed E-state index contributed by atoms with van der Waals surface area (Å²) in [5.41, 5.74) is 2.73. The molecule has 1 aromatic rings. The molecule has 0 spiro atoms. The van der Waals surface area contributed by atoms with Crippen LogP contribution in [0.15, 0.2) is 16.6 Å². The first-order valence-electron chi connectivity index (χ1n) is 7.69. The minimum atomic E-state index is 0. The van der Waals surface area contributed by atoms with Gasteiger partial charge in [0.05, 0.1) is 6.61 Å². The van der Waals surface area contributed by atoms with Crippen LogP contribution in [0.1, 0.15) is 24.0 Å². The zero-order valence-corrected chi connectivity index (χ0v) is 14.5. The van der Waals surface area contributed by atoms with Gasteiger partial charge < -0.3 is 10.1 Å². The van der Waals surface area contributed by atoms with Crippen molar-refractivity contribution in [3.8, 4) is 5.75 Å². The predicted molar refractivity (Wildman–Crippen MR) is 90.4 cm³/mol. The van der Waals surface area contributed by atoms with Gasteiger partial charge in [0.1, 0.15) is 5.75 Å². The van der Waals surface area contributed by atoms with E-state index in [4.69, 9.17) is 4.74 Å². The zero-order chi connectivity index (χ0) is 13.5. The summed E-state index contributed by atoms with van der Waals surface area (Å²) in [6.45, 7) is 5.52. The molecule has 2 fully saturated rings. The molecule has 4 rings (SSSR count). The van der Waals surface area contributed by atoms with Crippen LogP contribution in [0.5, 0.6) is 5.75 Å². The number of fused-ring (bicyclic) bond motifs is 2. The van der Waals surface area contributed by atoms with E-state index < -0.39 is 0 Å². The molecule has 3 aliphatic heterocycles. The molecule has 21 heavy (non-hydrogen) atoms. The van der Waals surface area contributed by atoms with E-state index in [0.717, 1.165) is 37.3 Å². The van der Waals surface area contributed by atoms with Crippen LogP contribution in [0.2, 0.25) is 0 Å². The Morgan fingerprint density at radius 1 is 1.33 bits per heavy atom. The SMILES string of the molecule is Brc1cc2c(c(CN3CCC4NCCC4C3)c1)OCC2.Cl. The Morgan fingerprint density at radius 2 is 2.24 bits per heavy atom. The van der Waals surface area contributed by atoms with Gasteiger partial charge >= 0.3 is 0 Å². The lowest BCUT2D eigenvalue weighted by molar-refractivity contribution is 0.154. The highest BCUT2D eigenvalue weighted by Crippen LogP contribution is 2.35. The number of nitrogens with zero attached hydrogens (tertiary/aromatic N) is 1. The Labute approximate surface area is 141 Å². The smallest absolute Gasteiger partial charge is 0.127 e. The van der Waals surface area contributed by atoms with E-state index in [1.54, 1.807) is 0 Å². The highest BCUT2D eigenvalue weighted by Gasteiger charge is 2.33. The van der Waals surface area contributed by atoms with Gasteiger partial charge in [-0.3, -0.25) is 4.90 Å². The monoisotopic (exact) mass is 372 g/mol. The number of nitrogens with one attached hydrogen (secondary N) is 1. The number of ether oxygens (including phenoxy) is 1. The molecule has 2 unspecified atom stereocenters. The van der Waals surface area contributed by atoms with Crippen molar-refractivity contribution < 1.29 is 4.74 Å². The maximum atomic E-state index is 5.85. The summed E-state index contributed by atoms with van der Waals surface area (Å²) < 4.78 is 7.04. The van der Waals surface area contributed by atoms with Gasteiger partial charge in [-0.25, -0.2) is 0 Å². The molecule has 0 aliphatic carbocycles. The lowest BCUT2D eigenvalue weighted by atomic mass is 9.93. The molecule has 5 heteroatoms. The largest absolute Gasteiger partial charge is 0.493 e. The number of hydrogen-bond donors (Lipinski definition) is 1. The lowest BCUT2D eigenvalue weighted by Gasteiger charge is -2.35. The second-order valence-electron chi connectivity index (χ2n) is 6.28. The summed E-state index contributed by atoms with van der Waals surface area (Å²) in [4.78, 5) is 2.61. The number of halogens is 2. The van der Waals surface area contributed by atoms with Crippen LogP contribution in [0.4, 0.5) is 0 Å². The van der Waals surface area contributed by atoms with Crippen molar-refractivity contribution in [2.75, 3.05) is 26.2 Å². The average Bonchev–Trinajstić information content (AvgIpc) is 3.05. The van der Waals surface area contributed by atoms with Crippen molar-refractivity contribution in [2.24, 2.45) is 5.92 Å². The first-order chi connectivity index (χ1) is 9.79. The molecule has 0 aromatic heterocycles. The molecule has 0 radical (unpaired) electrons. The fraction of sp³-hybridized carbons (Fsp3) is 0.625. The Hall–Kier alpha value is -0.290. The second-order valence-corrected chi connectivity index (χ2v) is 7.20. The summed E-state index contributed by atoms with van der Waals surface area (Å²) in [5.74, 6) is 2.00. The lowest BCUT2D eigenvalue weighted by Crippen LogP contribution is -2.43. The second kappa shape index (κ2) is 6.45. The van der Waals surface area contributed by atoms with Crippen LogP contribution in [0.3, 0.4) is 0 Å². The van der Waals surface area contributed by atoms with Crippen LogP contribution in [-0.4, -0.2) is 37.2 Å². The van der Waals surface area contributed by atoms with E-state index in [-0.39, 0.29) is 12.4 Å². The minimum Gasteiger partial charge on any atom is -0.493 e. The van der Waals surface area contributed by atoms with E-state index in [1.165, 1.54) is 48.1 Å². The molecule has 1 N–H and O–H groups in total. The van der Waals surface area contributed by atoms with Gasteiger partial charge in [-0.15, -0.1) is 12.4 Å². The third-order valence-corrected chi connectivity index (χ3v) is 5.42. The Kier molecular flexibility index (Phi) is 4.79. The summed E-state index contributed by atoms with van der Waals surface area (Å²) in [6.07, 6.45) is 3.69. The number of likely N-dealkylation sites (tertiary alicyclic amines) is 1. The topological polar surface area (TPSA) is 24.5 Å². The number of hydrogen-bond acceptors (Lipinski definition) is 3. The van der Waals surface area contributed by atoms with Crippen molar-refractivity contribution in [3.05, 3.63) is 27.7 Å². The van der Waals surface area contributed by atoms with Crippen LogP contribution < -0.4 is 10.1 Å². The average molecular weight is 374 g/mol. The highest BCUT2D eigenvalue weighted by molar-refractivity contribution is 9.10. The molecule has 0 saturated carbocycles. The van der Waals surface area contributed by atoms with Gasteiger partial charge in [-0.05, 0) is 49.5 Å². The third-order valence-electron chi connectivity index (χ3n) is 4.96. The van der Waals surface area contributed by atoms with E-state index in [1.807, 2.05) is 0 Å². The van der Waals surface area contributed by atoms with Gasteiger partial charge in [0.2, 0.25) is 0 Å². The Bertz CT molecular complexity index is 525. The number of piperidine rings is 1. The van der Waals surface area contributed by atoms with Gasteiger partial charge in [-0.2, -0.15) is 0 Å². The summed E-state index contributed by atoms with van der Waals surface area (Å²) in [5, 5.41) is 3.63. The van der Waals surface area contributed by atoms with Gasteiger partial charge in [0, 0.05) is 35.6 Å². The molecule has 1 aromatic carbocycles. The van der Waals surface area contributed by atoms with Gasteiger partial charge in [-0.1, -0.05) is 15.9 Å². The van der Waals surface area contributed by atoms with Crippen molar-refractivity contribution in [3.63, 3.8) is 0 Å². The Balaban J connectivity index is 0.00000132. The first kappa shape index (κ1) is 15.6. The van der Waals surface area contributed by atoms with Crippen molar-refractivity contribution in [1.29, 1.82) is 0 Å². The fourth-order valence-corrected chi connectivity index (χ4v) is 4.52. The van der Waals surface area contributed by atoms with E-state index in [0.29, 0.717) is 0 Å². The molecule has 3 nitrogen and oxygen atoms in total. The normalized spacial score (nSPS) is 27.7. The zero-order valence-electron chi connectivity index (χ0n) is 12.1. The molecular formula is C16H22BrClN2O. The van der Waals surface area contributed by atoms with E-state index in [2.05, 4.69) is 38.3 Å². The summed E-state index contributed by atoms with van der Waals surface area (Å²) in [6, 6.07) is 5.22. The van der Waals surface area contributed by atoms with Crippen molar-refractivity contribution >= 4 is 28.3 Å². The third kappa shape index (κ3) is 3.09. The van der Waals surface area contributed by atoms with Crippen LogP contribution in [0.25, 0.3) is 0 Å².